The first-order valence-corrected chi connectivity index (χ1v) is 7.61. The summed E-state index contributed by atoms with van der Waals surface area (Å²) < 4.78 is 0. The van der Waals surface area contributed by atoms with Crippen LogP contribution in [-0.2, 0) is 0 Å². The lowest BCUT2D eigenvalue weighted by Gasteiger charge is -2.33. The normalized spacial score (nSPS) is 20.4. The average Bonchev–Trinajstić information content (AvgIpc) is 2.47. The Morgan fingerprint density at radius 3 is 2.42 bits per heavy atom. The van der Waals surface area contributed by atoms with Gasteiger partial charge >= 0.3 is 0 Å². The van der Waals surface area contributed by atoms with Crippen LogP contribution in [0.1, 0.15) is 50.7 Å². The maximum Gasteiger partial charge on any atom is 0.0942 e. The molecule has 0 aromatic heterocycles. The van der Waals surface area contributed by atoms with Crippen LogP contribution >= 0.6 is 0 Å². The van der Waals surface area contributed by atoms with E-state index in [9.17, 15) is 5.11 Å². The highest BCUT2D eigenvalue weighted by molar-refractivity contribution is 5.18. The largest absolute Gasteiger partial charge is 0.387 e. The molecule has 0 heterocycles. The molecule has 106 valence electrons. The molecule has 0 aliphatic heterocycles. The monoisotopic (exact) mass is 261 g/mol. The van der Waals surface area contributed by atoms with E-state index in [4.69, 9.17) is 0 Å². The fourth-order valence-electron chi connectivity index (χ4n) is 3.11. The van der Waals surface area contributed by atoms with E-state index in [1.165, 1.54) is 32.1 Å². The minimum atomic E-state index is -0.394. The first kappa shape index (κ1) is 14.5. The highest BCUT2D eigenvalue weighted by Gasteiger charge is 2.23. The molecule has 2 nitrogen and oxygen atoms in total. The first-order valence-electron chi connectivity index (χ1n) is 7.61. The molecule has 2 atom stereocenters. The van der Waals surface area contributed by atoms with Gasteiger partial charge in [0, 0.05) is 12.6 Å². The van der Waals surface area contributed by atoms with Crippen LogP contribution in [0.15, 0.2) is 30.3 Å². The van der Waals surface area contributed by atoms with Crippen LogP contribution in [0.3, 0.4) is 0 Å². The molecule has 2 rings (SSSR count). The van der Waals surface area contributed by atoms with Gasteiger partial charge in [-0.05, 0) is 38.3 Å². The molecule has 1 fully saturated rings. The van der Waals surface area contributed by atoms with Gasteiger partial charge in [-0.2, -0.15) is 0 Å². The van der Waals surface area contributed by atoms with Gasteiger partial charge < -0.3 is 10.0 Å². The molecule has 1 aliphatic rings. The summed E-state index contributed by atoms with van der Waals surface area (Å²) in [6.07, 6.45) is 6.50. The van der Waals surface area contributed by atoms with Crippen LogP contribution in [-0.4, -0.2) is 29.6 Å². The van der Waals surface area contributed by atoms with Crippen molar-refractivity contribution in [2.24, 2.45) is 5.92 Å². The third kappa shape index (κ3) is 4.05. The summed E-state index contributed by atoms with van der Waals surface area (Å²) in [6, 6.07) is 10.2. The maximum absolute atomic E-state index is 10.4. The lowest BCUT2D eigenvalue weighted by Crippen LogP contribution is -2.38. The second-order valence-corrected chi connectivity index (χ2v) is 6.04. The fraction of sp³-hybridized carbons (Fsp3) is 0.647. The van der Waals surface area contributed by atoms with Gasteiger partial charge in [0.25, 0.3) is 0 Å². The summed E-state index contributed by atoms with van der Waals surface area (Å²) >= 11 is 0. The SMILES string of the molecule is C[C@@H]([C@H](O)c1ccccc1)N(C)CC1CCCCC1. The summed E-state index contributed by atoms with van der Waals surface area (Å²) in [6.45, 7) is 3.24. The first-order chi connectivity index (χ1) is 9.18. The maximum atomic E-state index is 10.4. The summed E-state index contributed by atoms with van der Waals surface area (Å²) in [4.78, 5) is 2.33. The Balaban J connectivity index is 1.89. The van der Waals surface area contributed by atoms with Gasteiger partial charge in [-0.25, -0.2) is 0 Å². The van der Waals surface area contributed by atoms with Gasteiger partial charge in [0.05, 0.1) is 6.10 Å². The van der Waals surface area contributed by atoms with E-state index in [2.05, 4.69) is 18.9 Å². The highest BCUT2D eigenvalue weighted by atomic mass is 16.3. The highest BCUT2D eigenvalue weighted by Crippen LogP contribution is 2.26. The second kappa shape index (κ2) is 7.06. The third-order valence-electron chi connectivity index (χ3n) is 4.56. The van der Waals surface area contributed by atoms with Crippen molar-refractivity contribution in [1.82, 2.24) is 4.90 Å². The van der Waals surface area contributed by atoms with Gasteiger partial charge in [0.1, 0.15) is 0 Å². The number of rotatable bonds is 5. The number of hydrogen-bond acceptors (Lipinski definition) is 2. The zero-order valence-electron chi connectivity index (χ0n) is 12.3. The molecule has 19 heavy (non-hydrogen) atoms. The third-order valence-corrected chi connectivity index (χ3v) is 4.56. The van der Waals surface area contributed by atoms with Crippen LogP contribution in [0.2, 0.25) is 0 Å². The quantitative estimate of drug-likeness (QED) is 0.875. The molecule has 0 saturated heterocycles. The summed E-state index contributed by atoms with van der Waals surface area (Å²) in [7, 11) is 2.14. The minimum Gasteiger partial charge on any atom is -0.387 e. The number of aliphatic hydroxyl groups excluding tert-OH is 1. The number of nitrogens with zero attached hydrogens (tertiary/aromatic N) is 1. The van der Waals surface area contributed by atoms with E-state index >= 15 is 0 Å². The summed E-state index contributed by atoms with van der Waals surface area (Å²) in [5.41, 5.74) is 1.02. The Bertz CT molecular complexity index is 359. The molecule has 1 saturated carbocycles. The van der Waals surface area contributed by atoms with E-state index in [1.54, 1.807) is 0 Å². The van der Waals surface area contributed by atoms with E-state index in [-0.39, 0.29) is 6.04 Å². The molecule has 0 bridgehead atoms. The van der Waals surface area contributed by atoms with Gasteiger partial charge in [-0.3, -0.25) is 0 Å². The average molecular weight is 261 g/mol. The fourth-order valence-corrected chi connectivity index (χ4v) is 3.11. The molecule has 1 aromatic rings. The minimum absolute atomic E-state index is 0.171. The molecule has 1 aromatic carbocycles. The van der Waals surface area contributed by atoms with Crippen LogP contribution < -0.4 is 0 Å². The Morgan fingerprint density at radius 2 is 1.79 bits per heavy atom. The van der Waals surface area contributed by atoms with E-state index in [1.807, 2.05) is 30.3 Å². The Kier molecular flexibility index (Phi) is 5.41. The van der Waals surface area contributed by atoms with Crippen molar-refractivity contribution in [1.29, 1.82) is 0 Å². The predicted molar refractivity (Wildman–Crippen MR) is 80.1 cm³/mol. The predicted octanol–water partition coefficient (Wildman–Crippen LogP) is 3.62. The lowest BCUT2D eigenvalue weighted by atomic mass is 9.88. The van der Waals surface area contributed by atoms with Crippen LogP contribution in [0.5, 0.6) is 0 Å². The molecule has 0 unspecified atom stereocenters. The van der Waals surface area contributed by atoms with Crippen molar-refractivity contribution in [3.8, 4) is 0 Å². The number of aliphatic hydroxyl groups is 1. The van der Waals surface area contributed by atoms with Crippen LogP contribution in [0, 0.1) is 5.92 Å². The molecular formula is C17H27NO. The van der Waals surface area contributed by atoms with E-state index in [0.29, 0.717) is 0 Å². The van der Waals surface area contributed by atoms with Crippen LogP contribution in [0.4, 0.5) is 0 Å². The number of likely N-dealkylation sites (N-methyl/N-ethyl adjacent to an activating group) is 1. The van der Waals surface area contributed by atoms with Gasteiger partial charge in [-0.15, -0.1) is 0 Å². The van der Waals surface area contributed by atoms with Crippen molar-refractivity contribution in [3.63, 3.8) is 0 Å². The molecule has 2 heteroatoms. The summed E-state index contributed by atoms with van der Waals surface area (Å²) in [5, 5.41) is 10.4. The Hall–Kier alpha value is -0.860. The smallest absolute Gasteiger partial charge is 0.0942 e. The molecule has 1 aliphatic carbocycles. The number of benzene rings is 1. The Labute approximate surface area is 117 Å². The van der Waals surface area contributed by atoms with Crippen molar-refractivity contribution < 1.29 is 5.11 Å². The molecular weight excluding hydrogens is 234 g/mol. The van der Waals surface area contributed by atoms with Crippen molar-refractivity contribution in [2.45, 2.75) is 51.2 Å². The van der Waals surface area contributed by atoms with Gasteiger partial charge in [-0.1, -0.05) is 49.6 Å². The van der Waals surface area contributed by atoms with Gasteiger partial charge in [0.15, 0.2) is 0 Å². The van der Waals surface area contributed by atoms with Crippen molar-refractivity contribution >= 4 is 0 Å². The molecule has 0 spiro atoms. The molecule has 1 N–H and O–H groups in total. The lowest BCUT2D eigenvalue weighted by molar-refractivity contribution is 0.0604. The van der Waals surface area contributed by atoms with E-state index in [0.717, 1.165) is 18.0 Å². The Morgan fingerprint density at radius 1 is 1.16 bits per heavy atom. The molecule has 0 amide bonds. The summed E-state index contributed by atoms with van der Waals surface area (Å²) in [5.74, 6) is 0.823. The zero-order chi connectivity index (χ0) is 13.7. The standard InChI is InChI=1S/C17H27NO/c1-14(17(19)16-11-7-4-8-12-16)18(2)13-15-9-5-3-6-10-15/h4,7-8,11-12,14-15,17,19H,3,5-6,9-10,13H2,1-2H3/t14-,17-/m0/s1. The van der Waals surface area contributed by atoms with E-state index < -0.39 is 6.10 Å². The molecule has 0 radical (unpaired) electrons. The topological polar surface area (TPSA) is 23.5 Å². The number of hydrogen-bond donors (Lipinski definition) is 1. The van der Waals surface area contributed by atoms with Crippen molar-refractivity contribution in [3.05, 3.63) is 35.9 Å². The van der Waals surface area contributed by atoms with Crippen LogP contribution in [0.25, 0.3) is 0 Å². The van der Waals surface area contributed by atoms with Gasteiger partial charge in [0.2, 0.25) is 0 Å². The zero-order valence-corrected chi connectivity index (χ0v) is 12.3. The second-order valence-electron chi connectivity index (χ2n) is 6.04. The van der Waals surface area contributed by atoms with Crippen molar-refractivity contribution in [2.75, 3.05) is 13.6 Å².